The van der Waals surface area contributed by atoms with Gasteiger partial charge in [-0.05, 0) is 31.2 Å². The largest absolute Gasteiger partial charge is 0.379 e. The maximum absolute atomic E-state index is 11.5. The molecule has 8 heteroatoms. The van der Waals surface area contributed by atoms with Crippen LogP contribution in [0.5, 0.6) is 0 Å². The number of carbonyl (C=O) groups is 1. The maximum Gasteiger partial charge on any atom is 0.217 e. The van der Waals surface area contributed by atoms with E-state index >= 15 is 0 Å². The van der Waals surface area contributed by atoms with E-state index in [1.807, 2.05) is 19.2 Å². The molecule has 1 aliphatic rings. The average Bonchev–Trinajstić information content (AvgIpc) is 3.26. The van der Waals surface area contributed by atoms with Gasteiger partial charge in [-0.25, -0.2) is 4.98 Å². The molecule has 0 saturated carbocycles. The summed E-state index contributed by atoms with van der Waals surface area (Å²) >= 11 is 1.68. The van der Waals surface area contributed by atoms with Crippen LogP contribution < -0.4 is 5.32 Å². The van der Waals surface area contributed by atoms with E-state index in [2.05, 4.69) is 20.2 Å². The van der Waals surface area contributed by atoms with Crippen LogP contribution in [0.15, 0.2) is 17.6 Å². The van der Waals surface area contributed by atoms with Crippen LogP contribution in [-0.4, -0.2) is 33.7 Å². The van der Waals surface area contributed by atoms with E-state index in [1.165, 1.54) is 13.8 Å². The summed E-state index contributed by atoms with van der Waals surface area (Å²) in [6.45, 7) is 6.43. The van der Waals surface area contributed by atoms with E-state index in [0.29, 0.717) is 6.61 Å². The molecule has 0 radical (unpaired) electrons. The number of hydrogen-bond donors (Lipinski definition) is 1. The summed E-state index contributed by atoms with van der Waals surface area (Å²) in [5.41, 5.74) is 2.98. The average molecular weight is 385 g/mol. The van der Waals surface area contributed by atoms with E-state index in [0.717, 1.165) is 46.5 Å². The van der Waals surface area contributed by atoms with Crippen LogP contribution in [-0.2, 0) is 9.53 Å². The number of aromatic nitrogens is 3. The molecule has 0 aromatic carbocycles. The number of nitrogens with one attached hydrogen (secondary N) is 1. The first-order valence-corrected chi connectivity index (χ1v) is 9.84. The van der Waals surface area contributed by atoms with Gasteiger partial charge in [-0.3, -0.25) is 9.78 Å². The van der Waals surface area contributed by atoms with Crippen molar-refractivity contribution >= 4 is 38.5 Å². The van der Waals surface area contributed by atoms with Crippen molar-refractivity contribution in [1.29, 1.82) is 5.26 Å². The SMILES string of the molecule is CC#N.CC(=O)NC(C)c1nc2cnc3ccsc3c2n1C1CCCOC1. The highest BCUT2D eigenvalue weighted by molar-refractivity contribution is 7.18. The molecule has 4 rings (SSSR count). The molecule has 1 N–H and O–H groups in total. The Morgan fingerprint density at radius 2 is 2.30 bits per heavy atom. The summed E-state index contributed by atoms with van der Waals surface area (Å²) < 4.78 is 9.13. The van der Waals surface area contributed by atoms with Crippen molar-refractivity contribution < 1.29 is 9.53 Å². The van der Waals surface area contributed by atoms with Crippen LogP contribution in [0, 0.1) is 11.3 Å². The van der Waals surface area contributed by atoms with Gasteiger partial charge in [0.05, 0.1) is 46.7 Å². The van der Waals surface area contributed by atoms with Crippen molar-refractivity contribution in [2.75, 3.05) is 13.2 Å². The second-order valence-corrected chi connectivity index (χ2v) is 7.40. The molecule has 2 atom stereocenters. The maximum atomic E-state index is 11.5. The molecular formula is C19H23N5O2S. The lowest BCUT2D eigenvalue weighted by Gasteiger charge is -2.27. The molecule has 142 valence electrons. The van der Waals surface area contributed by atoms with Crippen molar-refractivity contribution in [2.45, 2.75) is 45.7 Å². The minimum Gasteiger partial charge on any atom is -0.379 e. The van der Waals surface area contributed by atoms with Gasteiger partial charge in [0.25, 0.3) is 0 Å². The summed E-state index contributed by atoms with van der Waals surface area (Å²) in [6.07, 6.45) is 3.92. The molecule has 3 aromatic heterocycles. The zero-order valence-electron chi connectivity index (χ0n) is 15.7. The second-order valence-electron chi connectivity index (χ2n) is 6.48. The summed E-state index contributed by atoms with van der Waals surface area (Å²) in [6, 6.07) is 3.86. The molecule has 3 aromatic rings. The van der Waals surface area contributed by atoms with Crippen LogP contribution in [0.1, 0.15) is 51.5 Å². The lowest BCUT2D eigenvalue weighted by molar-refractivity contribution is -0.119. The topological polar surface area (TPSA) is 92.8 Å². The highest BCUT2D eigenvalue weighted by atomic mass is 32.1. The van der Waals surface area contributed by atoms with Crippen LogP contribution in [0.25, 0.3) is 21.3 Å². The normalized spacial score (nSPS) is 17.8. The number of amides is 1. The molecule has 0 bridgehead atoms. The van der Waals surface area contributed by atoms with Gasteiger partial charge in [0.1, 0.15) is 11.3 Å². The second kappa shape index (κ2) is 8.46. The molecule has 1 aliphatic heterocycles. The molecule has 0 spiro atoms. The third kappa shape index (κ3) is 3.94. The van der Waals surface area contributed by atoms with Gasteiger partial charge in [0.15, 0.2) is 0 Å². The van der Waals surface area contributed by atoms with Gasteiger partial charge in [0, 0.05) is 20.5 Å². The molecule has 4 heterocycles. The fourth-order valence-electron chi connectivity index (χ4n) is 3.47. The molecule has 7 nitrogen and oxygen atoms in total. The molecule has 2 unspecified atom stereocenters. The molecule has 27 heavy (non-hydrogen) atoms. The van der Waals surface area contributed by atoms with Gasteiger partial charge >= 0.3 is 0 Å². The smallest absolute Gasteiger partial charge is 0.217 e. The Morgan fingerprint density at radius 1 is 1.52 bits per heavy atom. The number of ether oxygens (including phenoxy) is 1. The summed E-state index contributed by atoms with van der Waals surface area (Å²) in [4.78, 5) is 20.8. The van der Waals surface area contributed by atoms with Crippen LogP contribution in [0.3, 0.4) is 0 Å². The molecule has 1 fully saturated rings. The number of nitriles is 1. The van der Waals surface area contributed by atoms with Crippen molar-refractivity contribution in [3.63, 3.8) is 0 Å². The third-order valence-corrected chi connectivity index (χ3v) is 5.37. The monoisotopic (exact) mass is 385 g/mol. The number of imidazole rings is 1. The Bertz CT molecular complexity index is 981. The number of carbonyl (C=O) groups excluding carboxylic acids is 1. The predicted octanol–water partition coefficient (Wildman–Crippen LogP) is 3.72. The Labute approximate surface area is 162 Å². The molecule has 0 aliphatic carbocycles. The van der Waals surface area contributed by atoms with Crippen molar-refractivity contribution in [1.82, 2.24) is 19.9 Å². The minimum absolute atomic E-state index is 0.0552. The lowest BCUT2D eigenvalue weighted by atomic mass is 10.1. The molecular weight excluding hydrogens is 362 g/mol. The van der Waals surface area contributed by atoms with Crippen molar-refractivity contribution in [3.05, 3.63) is 23.5 Å². The Hall–Kier alpha value is -2.50. The van der Waals surface area contributed by atoms with E-state index in [-0.39, 0.29) is 18.0 Å². The lowest BCUT2D eigenvalue weighted by Crippen LogP contribution is -2.29. The highest BCUT2D eigenvalue weighted by Crippen LogP contribution is 2.35. The van der Waals surface area contributed by atoms with Crippen LogP contribution in [0.4, 0.5) is 0 Å². The number of hydrogen-bond acceptors (Lipinski definition) is 6. The first-order chi connectivity index (χ1) is 13.1. The fourth-order valence-corrected chi connectivity index (χ4v) is 4.36. The first kappa shape index (κ1) is 19.3. The summed E-state index contributed by atoms with van der Waals surface area (Å²) in [5.74, 6) is 0.818. The fraction of sp³-hybridized carbons (Fsp3) is 0.474. The summed E-state index contributed by atoms with van der Waals surface area (Å²) in [7, 11) is 0. The van der Waals surface area contributed by atoms with E-state index in [4.69, 9.17) is 15.0 Å². The van der Waals surface area contributed by atoms with Crippen LogP contribution in [0.2, 0.25) is 0 Å². The van der Waals surface area contributed by atoms with Gasteiger partial charge in [-0.15, -0.1) is 11.3 Å². The number of rotatable bonds is 3. The number of thiophene rings is 1. The summed E-state index contributed by atoms with van der Waals surface area (Å²) in [5, 5.41) is 12.3. The molecule has 1 amide bonds. The third-order valence-electron chi connectivity index (χ3n) is 4.46. The van der Waals surface area contributed by atoms with Crippen LogP contribution >= 0.6 is 11.3 Å². The standard InChI is InChI=1S/C17H20N4O2S.C2H3N/c1-10(19-11(2)22)17-20-14-8-18-13-5-7-24-16(13)15(14)21(17)12-4-3-6-23-9-12;1-2-3/h5,7-8,10,12H,3-4,6,9H2,1-2H3,(H,19,22);1H3. The van der Waals surface area contributed by atoms with Gasteiger partial charge in [0.2, 0.25) is 5.91 Å². The van der Waals surface area contributed by atoms with E-state index < -0.39 is 0 Å². The van der Waals surface area contributed by atoms with Crippen molar-refractivity contribution in [2.24, 2.45) is 0 Å². The minimum atomic E-state index is -0.160. The number of fused-ring (bicyclic) bond motifs is 3. The van der Waals surface area contributed by atoms with Gasteiger partial charge in [-0.1, -0.05) is 0 Å². The van der Waals surface area contributed by atoms with Crippen molar-refractivity contribution in [3.8, 4) is 6.07 Å². The van der Waals surface area contributed by atoms with E-state index in [9.17, 15) is 4.79 Å². The van der Waals surface area contributed by atoms with Gasteiger partial charge < -0.3 is 14.6 Å². The molecule has 1 saturated heterocycles. The Kier molecular flexibility index (Phi) is 6.04. The zero-order valence-corrected chi connectivity index (χ0v) is 16.5. The Morgan fingerprint density at radius 3 is 2.96 bits per heavy atom. The van der Waals surface area contributed by atoms with E-state index in [1.54, 1.807) is 17.4 Å². The predicted molar refractivity (Wildman–Crippen MR) is 106 cm³/mol. The quantitative estimate of drug-likeness (QED) is 0.742. The first-order valence-electron chi connectivity index (χ1n) is 8.96. The number of nitrogens with zero attached hydrogens (tertiary/aromatic N) is 4. The Balaban J connectivity index is 0.000000659. The zero-order chi connectivity index (χ0) is 19.4. The van der Waals surface area contributed by atoms with Gasteiger partial charge in [-0.2, -0.15) is 5.26 Å². The highest BCUT2D eigenvalue weighted by Gasteiger charge is 2.26. The number of pyridine rings is 1.